The van der Waals surface area contributed by atoms with E-state index < -0.39 is 0 Å². The van der Waals surface area contributed by atoms with E-state index in [0.717, 1.165) is 32.2 Å². The fourth-order valence-corrected chi connectivity index (χ4v) is 3.45. The van der Waals surface area contributed by atoms with Gasteiger partial charge in [0, 0.05) is 43.6 Å². The minimum atomic E-state index is 0.394. The van der Waals surface area contributed by atoms with Gasteiger partial charge in [0.25, 0.3) is 0 Å². The third-order valence-electron chi connectivity index (χ3n) is 4.12. The number of rotatable bonds is 5. The first-order valence-corrected chi connectivity index (χ1v) is 6.03. The van der Waals surface area contributed by atoms with Gasteiger partial charge in [0.05, 0.1) is 6.61 Å². The van der Waals surface area contributed by atoms with E-state index >= 15 is 0 Å². The summed E-state index contributed by atoms with van der Waals surface area (Å²) in [7, 11) is 1.80. The van der Waals surface area contributed by atoms with Crippen molar-refractivity contribution in [3.8, 4) is 0 Å². The van der Waals surface area contributed by atoms with Crippen molar-refractivity contribution < 1.29 is 4.74 Å². The van der Waals surface area contributed by atoms with Crippen molar-refractivity contribution in [3.05, 3.63) is 10.4 Å². The minimum Gasteiger partial charge on any atom is -0.384 e. The molecule has 0 spiro atoms. The number of hydrogen-bond acceptors (Lipinski definition) is 3. The minimum absolute atomic E-state index is 0.394. The Hall–Kier alpha value is -0.770. The van der Waals surface area contributed by atoms with Gasteiger partial charge in [0.15, 0.2) is 0 Å². The number of hydrogen-bond donors (Lipinski definition) is 0. The largest absolute Gasteiger partial charge is 0.384 e. The van der Waals surface area contributed by atoms with Crippen LogP contribution in [0.4, 0.5) is 0 Å². The third-order valence-corrected chi connectivity index (χ3v) is 4.12. The van der Waals surface area contributed by atoms with Crippen LogP contribution in [-0.2, 0) is 4.74 Å². The maximum atomic E-state index is 8.26. The Morgan fingerprint density at radius 3 is 3.25 bits per heavy atom. The molecule has 1 aliphatic heterocycles. The molecule has 0 N–H and O–H groups in total. The monoisotopic (exact) mass is 224 g/mol. The van der Waals surface area contributed by atoms with Crippen LogP contribution in [0.5, 0.6) is 0 Å². The molecular formula is C11H20N4O. The van der Waals surface area contributed by atoms with E-state index in [4.69, 9.17) is 10.3 Å². The normalized spacial score (nSPS) is 33.7. The van der Waals surface area contributed by atoms with Crippen molar-refractivity contribution in [2.75, 3.05) is 39.9 Å². The number of ether oxygens (including phenoxy) is 1. The molecule has 90 valence electrons. The molecule has 2 fully saturated rings. The summed E-state index contributed by atoms with van der Waals surface area (Å²) in [4.78, 5) is 5.22. The van der Waals surface area contributed by atoms with E-state index in [-0.39, 0.29) is 0 Å². The highest BCUT2D eigenvalue weighted by atomic mass is 16.5. The predicted octanol–water partition coefficient (Wildman–Crippen LogP) is 2.05. The van der Waals surface area contributed by atoms with Gasteiger partial charge in [-0.05, 0) is 24.3 Å². The van der Waals surface area contributed by atoms with Gasteiger partial charge < -0.3 is 9.64 Å². The maximum absolute atomic E-state index is 8.26. The van der Waals surface area contributed by atoms with Crippen molar-refractivity contribution in [1.82, 2.24) is 4.90 Å². The van der Waals surface area contributed by atoms with Crippen molar-refractivity contribution in [3.63, 3.8) is 0 Å². The van der Waals surface area contributed by atoms with Crippen LogP contribution < -0.4 is 0 Å². The molecule has 0 unspecified atom stereocenters. The molecule has 1 heterocycles. The zero-order valence-corrected chi connectivity index (χ0v) is 9.93. The van der Waals surface area contributed by atoms with Crippen molar-refractivity contribution in [2.45, 2.75) is 19.3 Å². The Balaban J connectivity index is 1.91. The highest BCUT2D eigenvalue weighted by molar-refractivity contribution is 5.00. The molecule has 0 aromatic rings. The van der Waals surface area contributed by atoms with Crippen LogP contribution in [0.15, 0.2) is 5.11 Å². The van der Waals surface area contributed by atoms with Gasteiger partial charge in [-0.1, -0.05) is 11.5 Å². The molecule has 16 heavy (non-hydrogen) atoms. The van der Waals surface area contributed by atoms with E-state index in [1.54, 1.807) is 7.11 Å². The smallest absolute Gasteiger partial charge is 0.0534 e. The molecule has 1 saturated heterocycles. The second kappa shape index (κ2) is 5.04. The zero-order chi connectivity index (χ0) is 11.4. The summed E-state index contributed by atoms with van der Waals surface area (Å²) in [6.45, 7) is 4.64. The molecule has 1 aliphatic carbocycles. The summed E-state index contributed by atoms with van der Waals surface area (Å²) in [6, 6.07) is 0. The van der Waals surface area contributed by atoms with Gasteiger partial charge in [-0.2, -0.15) is 0 Å². The van der Waals surface area contributed by atoms with Crippen LogP contribution in [0.3, 0.4) is 0 Å². The molecule has 5 heteroatoms. The molecule has 0 aromatic heterocycles. The summed E-state index contributed by atoms with van der Waals surface area (Å²) in [6.07, 6.45) is 3.98. The van der Waals surface area contributed by atoms with Gasteiger partial charge in [0.1, 0.15) is 0 Å². The fourth-order valence-electron chi connectivity index (χ4n) is 3.45. The van der Waals surface area contributed by atoms with E-state index in [2.05, 4.69) is 14.9 Å². The molecule has 2 rings (SSSR count). The number of fused-ring (bicyclic) bond motifs is 1. The molecule has 1 saturated carbocycles. The lowest BCUT2D eigenvalue weighted by Gasteiger charge is -2.27. The molecule has 0 radical (unpaired) electrons. The zero-order valence-electron chi connectivity index (χ0n) is 9.93. The molecule has 0 bridgehead atoms. The van der Waals surface area contributed by atoms with Crippen molar-refractivity contribution >= 4 is 0 Å². The van der Waals surface area contributed by atoms with Gasteiger partial charge in [-0.3, -0.25) is 0 Å². The second-order valence-electron chi connectivity index (χ2n) is 5.07. The summed E-state index contributed by atoms with van der Waals surface area (Å²) in [5.74, 6) is 0.790. The van der Waals surface area contributed by atoms with E-state index in [1.165, 1.54) is 19.3 Å². The average molecular weight is 224 g/mol. The topological polar surface area (TPSA) is 61.2 Å². The van der Waals surface area contributed by atoms with Crippen LogP contribution in [-0.4, -0.2) is 44.8 Å². The van der Waals surface area contributed by atoms with Crippen LogP contribution >= 0.6 is 0 Å². The maximum Gasteiger partial charge on any atom is 0.0534 e. The van der Waals surface area contributed by atoms with Crippen molar-refractivity contribution in [1.29, 1.82) is 0 Å². The standard InChI is InChI=1S/C11H20N4O/c1-16-9-11-4-2-3-10(11)7-15(8-11)6-5-13-14-12/h10H,2-9H2,1H3/t10-,11+/m0/s1. The van der Waals surface area contributed by atoms with Crippen LogP contribution in [0.1, 0.15) is 19.3 Å². The number of likely N-dealkylation sites (tertiary alicyclic amines) is 1. The Bertz CT molecular complexity index is 290. The first-order valence-electron chi connectivity index (χ1n) is 6.03. The summed E-state index contributed by atoms with van der Waals surface area (Å²) in [5.41, 5.74) is 8.65. The molecule has 0 amide bonds. The van der Waals surface area contributed by atoms with Gasteiger partial charge in [0.2, 0.25) is 0 Å². The quantitative estimate of drug-likeness (QED) is 0.407. The number of azide groups is 1. The lowest BCUT2D eigenvalue weighted by Crippen LogP contribution is -2.32. The molecule has 2 aliphatic rings. The Kier molecular flexibility index (Phi) is 3.69. The highest BCUT2D eigenvalue weighted by Crippen LogP contribution is 2.48. The van der Waals surface area contributed by atoms with Gasteiger partial charge in [-0.15, -0.1) is 0 Å². The van der Waals surface area contributed by atoms with Crippen LogP contribution in [0.25, 0.3) is 10.4 Å². The lowest BCUT2D eigenvalue weighted by molar-refractivity contribution is 0.0706. The highest BCUT2D eigenvalue weighted by Gasteiger charge is 2.48. The van der Waals surface area contributed by atoms with E-state index in [9.17, 15) is 0 Å². The SMILES string of the molecule is COC[C@]12CCC[C@H]1CN(CCN=[N+]=[N-])C2. The van der Waals surface area contributed by atoms with Crippen LogP contribution in [0.2, 0.25) is 0 Å². The number of methoxy groups -OCH3 is 1. The predicted molar refractivity (Wildman–Crippen MR) is 62.1 cm³/mol. The summed E-state index contributed by atoms with van der Waals surface area (Å²) < 4.78 is 5.40. The molecule has 0 aromatic carbocycles. The van der Waals surface area contributed by atoms with E-state index in [1.807, 2.05) is 0 Å². The first-order chi connectivity index (χ1) is 7.80. The molecule has 2 atom stereocenters. The first kappa shape index (κ1) is 11.7. The van der Waals surface area contributed by atoms with Crippen LogP contribution in [0, 0.1) is 11.3 Å². The second-order valence-corrected chi connectivity index (χ2v) is 5.07. The number of nitrogens with zero attached hydrogens (tertiary/aromatic N) is 4. The Labute approximate surface area is 96.4 Å². The van der Waals surface area contributed by atoms with E-state index in [0.29, 0.717) is 12.0 Å². The lowest BCUT2D eigenvalue weighted by atomic mass is 9.82. The Morgan fingerprint density at radius 1 is 1.62 bits per heavy atom. The molecule has 5 nitrogen and oxygen atoms in total. The summed E-state index contributed by atoms with van der Waals surface area (Å²) >= 11 is 0. The van der Waals surface area contributed by atoms with Gasteiger partial charge >= 0.3 is 0 Å². The third kappa shape index (κ3) is 2.17. The summed E-state index contributed by atoms with van der Waals surface area (Å²) in [5, 5.41) is 3.61. The molecular weight excluding hydrogens is 204 g/mol. The average Bonchev–Trinajstić information content (AvgIpc) is 2.75. The van der Waals surface area contributed by atoms with Crippen molar-refractivity contribution in [2.24, 2.45) is 16.4 Å². The van der Waals surface area contributed by atoms with Gasteiger partial charge in [-0.25, -0.2) is 0 Å². The fraction of sp³-hybridized carbons (Fsp3) is 1.00. The Morgan fingerprint density at radius 2 is 2.50 bits per heavy atom.